The van der Waals surface area contributed by atoms with E-state index in [9.17, 15) is 79.2 Å². The molecule has 20 heteroatoms. The second kappa shape index (κ2) is 12.2. The second-order valence-electron chi connectivity index (χ2n) is 5.32. The normalized spacial score (nSPS) is 17.2. The molecule has 3 unspecified atom stereocenters. The Morgan fingerprint density at radius 3 is 1.22 bits per heavy atom. The zero-order chi connectivity index (χ0) is 27.0. The lowest BCUT2D eigenvalue weighted by molar-refractivity contribution is -0.381. The highest BCUT2D eigenvalue weighted by atomic mass is 19.4. The molecule has 0 aromatic heterocycles. The monoisotopic (exact) mass is 530 g/mol. The first kappa shape index (κ1) is 35.3. The van der Waals surface area contributed by atoms with Crippen LogP contribution in [0, 0.1) is 0 Å². The van der Waals surface area contributed by atoms with Gasteiger partial charge in [-0.3, -0.25) is 4.39 Å². The molecule has 0 heterocycles. The summed E-state index contributed by atoms with van der Waals surface area (Å²) in [7, 11) is 0.500. The molecule has 0 aliphatic carbocycles. The summed E-state index contributed by atoms with van der Waals surface area (Å²) in [5.41, 5.74) is -5.15. The molecule has 32 heavy (non-hydrogen) atoms. The van der Waals surface area contributed by atoms with Gasteiger partial charge in [0.15, 0.2) is 6.67 Å². The lowest BCUT2D eigenvalue weighted by Crippen LogP contribution is -2.58. The van der Waals surface area contributed by atoms with Crippen LogP contribution >= 0.6 is 0 Å². The number of hydrogen-bond donors (Lipinski definition) is 0. The first-order valence-corrected chi connectivity index (χ1v) is 7.04. The van der Waals surface area contributed by atoms with Crippen LogP contribution in [0.15, 0.2) is 0 Å². The zero-order valence-corrected chi connectivity index (χ0v) is 15.2. The van der Waals surface area contributed by atoms with Crippen LogP contribution in [0.4, 0.5) is 79.2 Å². The van der Waals surface area contributed by atoms with Crippen LogP contribution < -0.4 is 0 Å². The van der Waals surface area contributed by atoms with Crippen molar-refractivity contribution in [1.82, 2.24) is 0 Å². The van der Waals surface area contributed by atoms with Crippen molar-refractivity contribution >= 4 is 0 Å². The fourth-order valence-corrected chi connectivity index (χ4v) is 1.25. The molecule has 0 fully saturated rings. The average molecular weight is 530 g/mol. The molecule has 0 saturated heterocycles. The van der Waals surface area contributed by atoms with Crippen LogP contribution in [0.25, 0.3) is 0 Å². The summed E-state index contributed by atoms with van der Waals surface area (Å²) in [6, 6.07) is 0. The smallest absolute Gasteiger partial charge is 0.302 e. The molecule has 0 spiro atoms. The van der Waals surface area contributed by atoms with Crippen molar-refractivity contribution in [2.45, 2.75) is 62.0 Å². The lowest BCUT2D eigenvalue weighted by Gasteiger charge is -2.34. The van der Waals surface area contributed by atoms with E-state index in [1.165, 1.54) is 0 Å². The number of halogens is 18. The molecule has 0 amide bonds. The van der Waals surface area contributed by atoms with Crippen molar-refractivity contribution in [3.05, 3.63) is 0 Å². The number of ether oxygens (including phenoxy) is 1. The van der Waals surface area contributed by atoms with Crippen molar-refractivity contribution in [2.24, 2.45) is 0 Å². The van der Waals surface area contributed by atoms with Gasteiger partial charge in [0, 0.05) is 0 Å². The summed E-state index contributed by atoms with van der Waals surface area (Å²) in [4.78, 5) is 2.15. The molecule has 2 nitrogen and oxygen atoms in total. The van der Waals surface area contributed by atoms with E-state index in [1.807, 2.05) is 0 Å². The van der Waals surface area contributed by atoms with Crippen LogP contribution in [0.1, 0.15) is 13.3 Å². The third-order valence-corrected chi connectivity index (χ3v) is 2.68. The Kier molecular flexibility index (Phi) is 13.5. The third kappa shape index (κ3) is 13.3. The van der Waals surface area contributed by atoms with Crippen LogP contribution in [0.5, 0.6) is 0 Å². The van der Waals surface area contributed by atoms with Gasteiger partial charge in [-0.2, -0.15) is 66.4 Å². The Morgan fingerprint density at radius 2 is 1.06 bits per heavy atom. The molecule has 0 aliphatic heterocycles. The number of alkyl halides is 17. The SMILES string of the molecule is CC(F)(C(OC(F)(F)CF)C(F)(F)F)C(F)(F)F.CF.FOC(CC(F)(F)F)C(F)(F)F. The number of hydrogen-bond acceptors (Lipinski definition) is 2. The van der Waals surface area contributed by atoms with E-state index in [-0.39, 0.29) is 0 Å². The van der Waals surface area contributed by atoms with E-state index in [1.54, 1.807) is 0 Å². The predicted octanol–water partition coefficient (Wildman–Crippen LogP) is 7.14. The Hall–Kier alpha value is -1.34. The van der Waals surface area contributed by atoms with Crippen molar-refractivity contribution in [2.75, 3.05) is 13.9 Å². The largest absolute Gasteiger partial charge is 0.425 e. The van der Waals surface area contributed by atoms with E-state index in [0.717, 1.165) is 0 Å². The minimum absolute atomic E-state index is 0.500. The molecule has 0 radical (unpaired) electrons. The summed E-state index contributed by atoms with van der Waals surface area (Å²) in [5.74, 6) is 0. The topological polar surface area (TPSA) is 18.5 Å². The highest BCUT2D eigenvalue weighted by molar-refractivity contribution is 4.95. The van der Waals surface area contributed by atoms with Gasteiger partial charge < -0.3 is 4.74 Å². The van der Waals surface area contributed by atoms with Gasteiger partial charge in [0.25, 0.3) is 0 Å². The van der Waals surface area contributed by atoms with Crippen LogP contribution in [0.2, 0.25) is 0 Å². The summed E-state index contributed by atoms with van der Waals surface area (Å²) in [6.45, 7) is -3.45. The summed E-state index contributed by atoms with van der Waals surface area (Å²) < 4.78 is 212. The van der Waals surface area contributed by atoms with Crippen molar-refractivity contribution in [1.29, 1.82) is 0 Å². The molecular formula is C12H12F18O2. The molecule has 0 N–H and O–H groups in total. The molecule has 0 saturated carbocycles. The van der Waals surface area contributed by atoms with Crippen molar-refractivity contribution in [3.8, 4) is 0 Å². The first-order valence-electron chi connectivity index (χ1n) is 7.04. The van der Waals surface area contributed by atoms with Gasteiger partial charge in [0.1, 0.15) is 0 Å². The van der Waals surface area contributed by atoms with Crippen molar-refractivity contribution in [3.63, 3.8) is 0 Å². The van der Waals surface area contributed by atoms with Gasteiger partial charge in [-0.15, -0.1) is 0 Å². The van der Waals surface area contributed by atoms with Gasteiger partial charge in [-0.05, 0) is 11.4 Å². The maximum Gasteiger partial charge on any atom is 0.425 e. The number of rotatable bonds is 6. The maximum atomic E-state index is 13.0. The van der Waals surface area contributed by atoms with Gasteiger partial charge in [0.2, 0.25) is 17.9 Å². The standard InChI is InChI=1S/C7H6F10O.C4H3F7O.CH3F/c1-4(9,7(15,16)17)3(6(12,13)14)18-5(10,11)2-8;5-3(6,7)1-2(12-11)4(8,9)10;1-2/h3H,2H2,1H3;2H,1H2;1H3. The van der Waals surface area contributed by atoms with E-state index in [4.69, 9.17) is 0 Å². The minimum Gasteiger partial charge on any atom is -0.302 e. The van der Waals surface area contributed by atoms with E-state index < -0.39 is 68.7 Å². The van der Waals surface area contributed by atoms with Gasteiger partial charge in [-0.25, -0.2) is 8.78 Å². The fraction of sp³-hybridized carbons (Fsp3) is 1.00. The molecule has 0 aromatic carbocycles. The summed E-state index contributed by atoms with van der Waals surface area (Å²) in [6.07, 6.45) is -38.2. The van der Waals surface area contributed by atoms with E-state index in [0.29, 0.717) is 7.18 Å². The quantitative estimate of drug-likeness (QED) is 0.340. The molecule has 0 bridgehead atoms. The average Bonchev–Trinajstić information content (AvgIpc) is 2.56. The highest BCUT2D eigenvalue weighted by Crippen LogP contribution is 2.45. The maximum absolute atomic E-state index is 13.0. The molecule has 0 aromatic rings. The predicted molar refractivity (Wildman–Crippen MR) is 67.2 cm³/mol. The van der Waals surface area contributed by atoms with Gasteiger partial charge >= 0.3 is 30.8 Å². The van der Waals surface area contributed by atoms with Crippen LogP contribution in [0.3, 0.4) is 0 Å². The Bertz CT molecular complexity index is 502. The molecular weight excluding hydrogens is 518 g/mol. The molecule has 0 rings (SSSR count). The fourth-order valence-electron chi connectivity index (χ4n) is 1.25. The summed E-state index contributed by atoms with van der Waals surface area (Å²) in [5, 5.41) is 0. The van der Waals surface area contributed by atoms with Gasteiger partial charge in [-0.1, -0.05) is 0 Å². The van der Waals surface area contributed by atoms with Crippen LogP contribution in [-0.4, -0.2) is 62.5 Å². The van der Waals surface area contributed by atoms with Crippen LogP contribution in [-0.2, 0) is 9.68 Å². The second-order valence-corrected chi connectivity index (χ2v) is 5.32. The Balaban J connectivity index is -0.000000521. The minimum atomic E-state index is -6.13. The summed E-state index contributed by atoms with van der Waals surface area (Å²) >= 11 is 0. The lowest BCUT2D eigenvalue weighted by atomic mass is 10.00. The Morgan fingerprint density at radius 1 is 0.688 bits per heavy atom. The van der Waals surface area contributed by atoms with Crippen molar-refractivity contribution < 1.29 is 88.8 Å². The van der Waals surface area contributed by atoms with Gasteiger partial charge in [0.05, 0.1) is 13.6 Å². The molecule has 0 aliphatic rings. The zero-order valence-electron chi connectivity index (χ0n) is 15.2. The Labute approximate surface area is 166 Å². The highest BCUT2D eigenvalue weighted by Gasteiger charge is 2.68. The molecule has 3 atom stereocenters. The van der Waals surface area contributed by atoms with E-state index >= 15 is 0 Å². The first-order chi connectivity index (χ1) is 13.8. The van der Waals surface area contributed by atoms with E-state index in [2.05, 4.69) is 9.68 Å². The third-order valence-electron chi connectivity index (χ3n) is 2.68. The molecule has 198 valence electrons.